The van der Waals surface area contributed by atoms with Crippen molar-refractivity contribution in [1.82, 2.24) is 9.80 Å². The van der Waals surface area contributed by atoms with Gasteiger partial charge in [-0.25, -0.2) is 0 Å². The van der Waals surface area contributed by atoms with Gasteiger partial charge in [0.1, 0.15) is 4.32 Å². The number of halogens is 1. The zero-order valence-electron chi connectivity index (χ0n) is 19.5. The van der Waals surface area contributed by atoms with Gasteiger partial charge in [-0.15, -0.1) is 0 Å². The molecule has 2 heterocycles. The first-order chi connectivity index (χ1) is 16.8. The standard InChI is InChI=1S/C23H27BrN2O7S2/c1-3-31-17-12-15(11-16(24)21(17)33-14-19(27)25-7-9-30-10-8-25)13-18-22(29)26(23(34)35-18)6-5-20(28)32-4-2/h11-13H,3-10,14H2,1-2H3/b18-13+. The molecule has 2 fully saturated rings. The molecule has 190 valence electrons. The highest BCUT2D eigenvalue weighted by atomic mass is 79.9. The third-order valence-electron chi connectivity index (χ3n) is 5.05. The second-order valence-corrected chi connectivity index (χ2v) is 9.96. The Balaban J connectivity index is 1.72. The molecule has 1 aromatic carbocycles. The Labute approximate surface area is 222 Å². The van der Waals surface area contributed by atoms with Gasteiger partial charge in [-0.2, -0.15) is 0 Å². The molecule has 2 aliphatic rings. The van der Waals surface area contributed by atoms with Crippen molar-refractivity contribution < 1.29 is 33.3 Å². The highest BCUT2D eigenvalue weighted by Gasteiger charge is 2.32. The van der Waals surface area contributed by atoms with Crippen LogP contribution in [0.2, 0.25) is 0 Å². The van der Waals surface area contributed by atoms with Crippen molar-refractivity contribution >= 4 is 68.1 Å². The van der Waals surface area contributed by atoms with Crippen molar-refractivity contribution in [2.75, 3.05) is 52.7 Å². The number of benzene rings is 1. The first kappa shape index (κ1) is 27.4. The molecule has 0 bridgehead atoms. The summed E-state index contributed by atoms with van der Waals surface area (Å²) in [4.78, 5) is 40.5. The number of hydrogen-bond acceptors (Lipinski definition) is 9. The molecule has 12 heteroatoms. The SMILES string of the molecule is CCOC(=O)CCN1C(=O)/C(=C\c2cc(Br)c(OCC(=O)N3CCOCC3)c(OCC)c2)SC1=S. The Hall–Kier alpha value is -2.15. The van der Waals surface area contributed by atoms with Gasteiger partial charge in [0.15, 0.2) is 18.1 Å². The van der Waals surface area contributed by atoms with Gasteiger partial charge in [-0.1, -0.05) is 24.0 Å². The van der Waals surface area contributed by atoms with E-state index in [4.69, 9.17) is 31.2 Å². The molecule has 0 radical (unpaired) electrons. The van der Waals surface area contributed by atoms with Crippen molar-refractivity contribution in [1.29, 1.82) is 0 Å². The summed E-state index contributed by atoms with van der Waals surface area (Å²) in [6.07, 6.45) is 1.78. The van der Waals surface area contributed by atoms with Crippen LogP contribution in [-0.2, 0) is 23.9 Å². The largest absolute Gasteiger partial charge is 0.490 e. The Morgan fingerprint density at radius 3 is 2.63 bits per heavy atom. The first-order valence-corrected chi connectivity index (χ1v) is 13.2. The Morgan fingerprint density at radius 1 is 1.20 bits per heavy atom. The van der Waals surface area contributed by atoms with Crippen LogP contribution in [0.1, 0.15) is 25.8 Å². The van der Waals surface area contributed by atoms with Gasteiger partial charge in [-0.05, 0) is 53.5 Å². The molecule has 0 aromatic heterocycles. The van der Waals surface area contributed by atoms with Crippen molar-refractivity contribution in [3.63, 3.8) is 0 Å². The zero-order chi connectivity index (χ0) is 25.4. The van der Waals surface area contributed by atoms with Crippen LogP contribution in [-0.4, -0.2) is 84.6 Å². The molecule has 1 aromatic rings. The summed E-state index contributed by atoms with van der Waals surface area (Å²) in [5.41, 5.74) is 0.693. The van der Waals surface area contributed by atoms with Crippen LogP contribution in [0, 0.1) is 0 Å². The molecule has 0 atom stereocenters. The van der Waals surface area contributed by atoms with Crippen LogP contribution in [0.5, 0.6) is 11.5 Å². The fraction of sp³-hybridized carbons (Fsp3) is 0.478. The smallest absolute Gasteiger partial charge is 0.307 e. The quantitative estimate of drug-likeness (QED) is 0.232. The fourth-order valence-electron chi connectivity index (χ4n) is 3.39. The van der Waals surface area contributed by atoms with Gasteiger partial charge >= 0.3 is 5.97 Å². The third-order valence-corrected chi connectivity index (χ3v) is 7.02. The number of carbonyl (C=O) groups is 3. The van der Waals surface area contributed by atoms with Crippen LogP contribution in [0.4, 0.5) is 0 Å². The average Bonchev–Trinajstić information content (AvgIpc) is 3.10. The van der Waals surface area contributed by atoms with Gasteiger partial charge in [0.2, 0.25) is 0 Å². The van der Waals surface area contributed by atoms with Crippen LogP contribution in [0.3, 0.4) is 0 Å². The lowest BCUT2D eigenvalue weighted by atomic mass is 10.1. The fourth-order valence-corrected chi connectivity index (χ4v) is 5.28. The zero-order valence-corrected chi connectivity index (χ0v) is 22.8. The molecule has 0 saturated carbocycles. The van der Waals surface area contributed by atoms with Crippen LogP contribution in [0.15, 0.2) is 21.5 Å². The summed E-state index contributed by atoms with van der Waals surface area (Å²) in [5.74, 6) is 0.0832. The van der Waals surface area contributed by atoms with Gasteiger partial charge < -0.3 is 23.8 Å². The minimum absolute atomic E-state index is 0.0722. The van der Waals surface area contributed by atoms with E-state index in [1.165, 1.54) is 16.7 Å². The minimum atomic E-state index is -0.376. The number of morpholine rings is 1. The maximum atomic E-state index is 12.9. The molecule has 3 rings (SSSR count). The average molecular weight is 588 g/mol. The monoisotopic (exact) mass is 586 g/mol. The number of nitrogens with zero attached hydrogens (tertiary/aromatic N) is 2. The van der Waals surface area contributed by atoms with Crippen LogP contribution < -0.4 is 9.47 Å². The van der Waals surface area contributed by atoms with Gasteiger partial charge in [0.05, 0.1) is 42.2 Å². The normalized spacial score (nSPS) is 17.2. The molecule has 0 N–H and O–H groups in total. The highest BCUT2D eigenvalue weighted by Crippen LogP contribution is 2.39. The molecular weight excluding hydrogens is 560 g/mol. The number of amides is 2. The Bertz CT molecular complexity index is 1010. The molecule has 0 spiro atoms. The van der Waals surface area contributed by atoms with E-state index in [-0.39, 0.29) is 44.0 Å². The van der Waals surface area contributed by atoms with Gasteiger partial charge in [-0.3, -0.25) is 19.3 Å². The molecule has 35 heavy (non-hydrogen) atoms. The number of rotatable bonds is 10. The summed E-state index contributed by atoms with van der Waals surface area (Å²) >= 11 is 10.0. The van der Waals surface area contributed by atoms with Crippen molar-refractivity contribution in [3.05, 3.63) is 27.1 Å². The van der Waals surface area contributed by atoms with Crippen LogP contribution >= 0.6 is 39.9 Å². The summed E-state index contributed by atoms with van der Waals surface area (Å²) < 4.78 is 22.7. The van der Waals surface area contributed by atoms with Crippen molar-refractivity contribution in [2.45, 2.75) is 20.3 Å². The predicted molar refractivity (Wildman–Crippen MR) is 139 cm³/mol. The maximum Gasteiger partial charge on any atom is 0.307 e. The van der Waals surface area contributed by atoms with Gasteiger partial charge in [0.25, 0.3) is 11.8 Å². The number of esters is 1. The van der Waals surface area contributed by atoms with Crippen molar-refractivity contribution in [2.24, 2.45) is 0 Å². The molecule has 2 amide bonds. The van der Waals surface area contributed by atoms with E-state index in [0.717, 1.165) is 0 Å². The number of hydrogen-bond donors (Lipinski definition) is 0. The lowest BCUT2D eigenvalue weighted by Crippen LogP contribution is -2.43. The number of carbonyl (C=O) groups excluding carboxylic acids is 3. The van der Waals surface area contributed by atoms with Crippen LogP contribution in [0.25, 0.3) is 6.08 Å². The van der Waals surface area contributed by atoms with E-state index in [2.05, 4.69) is 15.9 Å². The highest BCUT2D eigenvalue weighted by molar-refractivity contribution is 9.10. The molecule has 0 unspecified atom stereocenters. The molecule has 0 aliphatic carbocycles. The Morgan fingerprint density at radius 2 is 1.94 bits per heavy atom. The second kappa shape index (κ2) is 13.2. The lowest BCUT2D eigenvalue weighted by Gasteiger charge is -2.27. The first-order valence-electron chi connectivity index (χ1n) is 11.2. The lowest BCUT2D eigenvalue weighted by molar-refractivity contribution is -0.143. The predicted octanol–water partition coefficient (Wildman–Crippen LogP) is 3.24. The summed E-state index contributed by atoms with van der Waals surface area (Å²) in [6.45, 7) is 6.40. The van der Waals surface area contributed by atoms with E-state index < -0.39 is 0 Å². The van der Waals surface area contributed by atoms with E-state index >= 15 is 0 Å². The van der Waals surface area contributed by atoms with E-state index in [9.17, 15) is 14.4 Å². The van der Waals surface area contributed by atoms with E-state index in [1.54, 1.807) is 30.0 Å². The second-order valence-electron chi connectivity index (χ2n) is 7.43. The topological polar surface area (TPSA) is 94.6 Å². The number of thioether (sulfide) groups is 1. The van der Waals surface area contributed by atoms with E-state index in [1.807, 2.05) is 6.92 Å². The molecular formula is C23H27BrN2O7S2. The van der Waals surface area contributed by atoms with Gasteiger partial charge in [0, 0.05) is 19.6 Å². The molecule has 9 nitrogen and oxygen atoms in total. The molecule has 2 saturated heterocycles. The minimum Gasteiger partial charge on any atom is -0.490 e. The summed E-state index contributed by atoms with van der Waals surface area (Å²) in [6, 6.07) is 3.52. The third kappa shape index (κ3) is 7.42. The number of thiocarbonyl (C=S) groups is 1. The molecule has 2 aliphatic heterocycles. The number of ether oxygens (including phenoxy) is 4. The maximum absolute atomic E-state index is 12.9. The Kier molecular flexibility index (Phi) is 10.4. The summed E-state index contributed by atoms with van der Waals surface area (Å²) in [7, 11) is 0. The summed E-state index contributed by atoms with van der Waals surface area (Å²) in [5, 5.41) is 0. The van der Waals surface area contributed by atoms with E-state index in [0.29, 0.717) is 63.7 Å². The van der Waals surface area contributed by atoms with Crippen molar-refractivity contribution in [3.8, 4) is 11.5 Å².